The molecule has 0 saturated carbocycles. The van der Waals surface area contributed by atoms with Crippen LogP contribution in [0.15, 0.2) is 34.4 Å². The van der Waals surface area contributed by atoms with Crippen molar-refractivity contribution < 1.29 is 9.53 Å². The molecule has 0 atom stereocenters. The highest BCUT2D eigenvalue weighted by molar-refractivity contribution is 7.15. The van der Waals surface area contributed by atoms with E-state index in [0.29, 0.717) is 22.8 Å². The van der Waals surface area contributed by atoms with Crippen molar-refractivity contribution in [2.75, 3.05) is 12.4 Å². The molecule has 1 N–H and O–H groups in total. The molecule has 0 aliphatic rings. The van der Waals surface area contributed by atoms with Gasteiger partial charge in [-0.05, 0) is 31.5 Å². The number of anilines is 1. The number of carbonyl (C=O) groups excluding carboxylic acids is 1. The summed E-state index contributed by atoms with van der Waals surface area (Å²) in [7, 11) is 1.36. The zero-order valence-electron chi connectivity index (χ0n) is 13.6. The number of ether oxygens (including phenoxy) is 1. The Kier molecular flexibility index (Phi) is 4.35. The lowest BCUT2D eigenvalue weighted by Crippen LogP contribution is -2.16. The summed E-state index contributed by atoms with van der Waals surface area (Å²) in [6.45, 7) is 4.13. The van der Waals surface area contributed by atoms with E-state index >= 15 is 0 Å². The molecular formula is C17H17N3O3S. The van der Waals surface area contributed by atoms with Gasteiger partial charge in [0.05, 0.1) is 24.9 Å². The normalized spacial score (nSPS) is 10.8. The van der Waals surface area contributed by atoms with E-state index in [-0.39, 0.29) is 11.5 Å². The van der Waals surface area contributed by atoms with Crippen LogP contribution in [0.1, 0.15) is 27.3 Å². The van der Waals surface area contributed by atoms with E-state index in [9.17, 15) is 9.59 Å². The monoisotopic (exact) mass is 343 g/mol. The van der Waals surface area contributed by atoms with Crippen molar-refractivity contribution in [1.82, 2.24) is 9.38 Å². The summed E-state index contributed by atoms with van der Waals surface area (Å²) >= 11 is 1.44. The van der Waals surface area contributed by atoms with Crippen LogP contribution in [0.25, 0.3) is 4.96 Å². The van der Waals surface area contributed by atoms with Crippen LogP contribution in [-0.2, 0) is 11.3 Å². The van der Waals surface area contributed by atoms with E-state index in [1.165, 1.54) is 24.5 Å². The van der Waals surface area contributed by atoms with Gasteiger partial charge in [0.1, 0.15) is 0 Å². The molecule has 0 bridgehead atoms. The maximum absolute atomic E-state index is 12.2. The summed E-state index contributed by atoms with van der Waals surface area (Å²) in [5, 5.41) is 5.14. The molecule has 3 rings (SSSR count). The zero-order valence-corrected chi connectivity index (χ0v) is 14.4. The SMILES string of the molecule is COC(=O)c1cccc(NCc2cc(=O)n3c(C)csc3n2)c1C. The number of aromatic nitrogens is 2. The molecule has 0 saturated heterocycles. The van der Waals surface area contributed by atoms with Crippen LogP contribution in [0.4, 0.5) is 5.69 Å². The maximum atomic E-state index is 12.2. The van der Waals surface area contributed by atoms with Gasteiger partial charge in [-0.2, -0.15) is 0 Å². The zero-order chi connectivity index (χ0) is 17.3. The van der Waals surface area contributed by atoms with Gasteiger partial charge in [-0.3, -0.25) is 9.20 Å². The molecular weight excluding hydrogens is 326 g/mol. The molecule has 1 aromatic carbocycles. The Bertz CT molecular complexity index is 975. The third-order valence-corrected chi connectivity index (χ3v) is 4.77. The minimum absolute atomic E-state index is 0.0874. The molecule has 124 valence electrons. The van der Waals surface area contributed by atoms with Gasteiger partial charge < -0.3 is 10.1 Å². The molecule has 0 amide bonds. The molecule has 0 unspecified atom stereocenters. The fourth-order valence-electron chi connectivity index (χ4n) is 2.54. The quantitative estimate of drug-likeness (QED) is 0.738. The summed E-state index contributed by atoms with van der Waals surface area (Å²) in [5.74, 6) is -0.372. The van der Waals surface area contributed by atoms with Crippen molar-refractivity contribution in [3.63, 3.8) is 0 Å². The largest absolute Gasteiger partial charge is 0.465 e. The van der Waals surface area contributed by atoms with Gasteiger partial charge >= 0.3 is 5.97 Å². The van der Waals surface area contributed by atoms with Gasteiger partial charge in [0.15, 0.2) is 4.96 Å². The first-order valence-electron chi connectivity index (χ1n) is 7.40. The molecule has 0 radical (unpaired) electrons. The number of methoxy groups -OCH3 is 1. The smallest absolute Gasteiger partial charge is 0.338 e. The fraction of sp³-hybridized carbons (Fsp3) is 0.235. The first-order chi connectivity index (χ1) is 11.5. The van der Waals surface area contributed by atoms with Crippen molar-refractivity contribution in [2.45, 2.75) is 20.4 Å². The highest BCUT2D eigenvalue weighted by Gasteiger charge is 2.12. The minimum Gasteiger partial charge on any atom is -0.465 e. The minimum atomic E-state index is -0.372. The number of hydrogen-bond donors (Lipinski definition) is 1. The van der Waals surface area contributed by atoms with Crippen LogP contribution >= 0.6 is 11.3 Å². The number of thiazole rings is 1. The number of benzene rings is 1. The molecule has 3 aromatic rings. The Morgan fingerprint density at radius 3 is 2.92 bits per heavy atom. The molecule has 0 spiro atoms. The second-order valence-corrected chi connectivity index (χ2v) is 6.24. The second kappa shape index (κ2) is 6.45. The Labute approximate surface area is 142 Å². The van der Waals surface area contributed by atoms with Gasteiger partial charge in [-0.1, -0.05) is 6.07 Å². The molecule has 24 heavy (non-hydrogen) atoms. The van der Waals surface area contributed by atoms with Crippen molar-refractivity contribution in [1.29, 1.82) is 0 Å². The number of aryl methyl sites for hydroxylation is 1. The molecule has 0 aliphatic carbocycles. The van der Waals surface area contributed by atoms with Crippen LogP contribution in [0.2, 0.25) is 0 Å². The topological polar surface area (TPSA) is 72.7 Å². The van der Waals surface area contributed by atoms with Crippen LogP contribution < -0.4 is 10.9 Å². The second-order valence-electron chi connectivity index (χ2n) is 5.40. The predicted molar refractivity (Wildman–Crippen MR) is 93.9 cm³/mol. The Morgan fingerprint density at radius 2 is 2.17 bits per heavy atom. The van der Waals surface area contributed by atoms with Gasteiger partial charge in [0, 0.05) is 22.8 Å². The fourth-order valence-corrected chi connectivity index (χ4v) is 3.43. The third kappa shape index (κ3) is 2.90. The molecule has 6 nitrogen and oxygen atoms in total. The van der Waals surface area contributed by atoms with Crippen molar-refractivity contribution >= 4 is 28.0 Å². The number of nitrogens with one attached hydrogen (secondary N) is 1. The van der Waals surface area contributed by atoms with Crippen LogP contribution in [-0.4, -0.2) is 22.5 Å². The Hall–Kier alpha value is -2.67. The summed E-state index contributed by atoms with van der Waals surface area (Å²) in [5.41, 5.74) is 3.57. The highest BCUT2D eigenvalue weighted by atomic mass is 32.1. The molecule has 2 heterocycles. The summed E-state index contributed by atoms with van der Waals surface area (Å²) < 4.78 is 6.37. The average Bonchev–Trinajstić information content (AvgIpc) is 2.95. The lowest BCUT2D eigenvalue weighted by molar-refractivity contribution is 0.0600. The summed E-state index contributed by atoms with van der Waals surface area (Å²) in [6, 6.07) is 6.91. The molecule has 0 aliphatic heterocycles. The Balaban J connectivity index is 1.86. The number of rotatable bonds is 4. The van der Waals surface area contributed by atoms with Gasteiger partial charge in [-0.15, -0.1) is 11.3 Å². The van der Waals surface area contributed by atoms with Gasteiger partial charge in [0.2, 0.25) is 0 Å². The first-order valence-corrected chi connectivity index (χ1v) is 8.28. The maximum Gasteiger partial charge on any atom is 0.338 e. The first kappa shape index (κ1) is 16.2. The summed E-state index contributed by atoms with van der Waals surface area (Å²) in [4.78, 5) is 29.1. The number of nitrogens with zero attached hydrogens (tertiary/aromatic N) is 2. The summed E-state index contributed by atoms with van der Waals surface area (Å²) in [6.07, 6.45) is 0. The number of carbonyl (C=O) groups is 1. The van der Waals surface area contributed by atoms with Crippen molar-refractivity contribution in [2.24, 2.45) is 0 Å². The predicted octanol–water partition coefficient (Wildman–Crippen LogP) is 2.77. The lowest BCUT2D eigenvalue weighted by atomic mass is 10.1. The van der Waals surface area contributed by atoms with E-state index in [4.69, 9.17) is 4.74 Å². The van der Waals surface area contributed by atoms with Gasteiger partial charge in [0.25, 0.3) is 5.56 Å². The van der Waals surface area contributed by atoms with E-state index in [1.807, 2.05) is 25.3 Å². The molecule has 7 heteroatoms. The van der Waals surface area contributed by atoms with Crippen LogP contribution in [0.3, 0.4) is 0 Å². The average molecular weight is 343 g/mol. The lowest BCUT2D eigenvalue weighted by Gasteiger charge is -2.12. The van der Waals surface area contributed by atoms with Crippen LogP contribution in [0, 0.1) is 13.8 Å². The Morgan fingerprint density at radius 1 is 1.38 bits per heavy atom. The molecule has 2 aromatic heterocycles. The van der Waals surface area contributed by atoms with E-state index in [1.54, 1.807) is 16.5 Å². The molecule has 0 fully saturated rings. The van der Waals surface area contributed by atoms with Crippen molar-refractivity contribution in [3.05, 3.63) is 62.5 Å². The third-order valence-electron chi connectivity index (χ3n) is 3.83. The van der Waals surface area contributed by atoms with Crippen molar-refractivity contribution in [3.8, 4) is 0 Å². The van der Waals surface area contributed by atoms with Crippen LogP contribution in [0.5, 0.6) is 0 Å². The number of hydrogen-bond acceptors (Lipinski definition) is 6. The van der Waals surface area contributed by atoms with E-state index in [0.717, 1.165) is 16.9 Å². The standard InChI is InChI=1S/C17H17N3O3S/c1-10-9-24-17-19-12(7-15(21)20(10)17)8-18-14-6-4-5-13(11(14)2)16(22)23-3/h4-7,9,18H,8H2,1-3H3. The van der Waals surface area contributed by atoms with E-state index < -0.39 is 0 Å². The van der Waals surface area contributed by atoms with E-state index in [2.05, 4.69) is 10.3 Å². The number of esters is 1. The number of fused-ring (bicyclic) bond motifs is 1. The highest BCUT2D eigenvalue weighted by Crippen LogP contribution is 2.20. The van der Waals surface area contributed by atoms with Gasteiger partial charge in [-0.25, -0.2) is 9.78 Å².